The van der Waals surface area contributed by atoms with Crippen molar-refractivity contribution in [2.45, 2.75) is 32.9 Å². The Kier molecular flexibility index (Phi) is 5.61. The third-order valence-corrected chi connectivity index (χ3v) is 5.51. The van der Waals surface area contributed by atoms with Gasteiger partial charge in [0, 0.05) is 19.5 Å². The number of hydrogen-bond donors (Lipinski definition) is 1. The number of likely N-dealkylation sites (tertiary alicyclic amines) is 1. The zero-order valence-corrected chi connectivity index (χ0v) is 17.2. The van der Waals surface area contributed by atoms with Crippen LogP contribution in [-0.2, 0) is 16.1 Å². The first-order valence-electron chi connectivity index (χ1n) is 10.1. The van der Waals surface area contributed by atoms with Gasteiger partial charge in [0.25, 0.3) is 0 Å². The van der Waals surface area contributed by atoms with E-state index in [-0.39, 0.29) is 30.2 Å². The van der Waals surface area contributed by atoms with Crippen LogP contribution < -0.4 is 5.32 Å². The maximum atomic E-state index is 12.8. The summed E-state index contributed by atoms with van der Waals surface area (Å²) < 4.78 is 1.68. The number of rotatable bonds is 6. The lowest BCUT2D eigenvalue weighted by Crippen LogP contribution is -2.34. The molecule has 0 spiro atoms. The molecule has 1 aliphatic rings. The molecule has 1 saturated heterocycles. The van der Waals surface area contributed by atoms with E-state index in [9.17, 15) is 9.59 Å². The van der Waals surface area contributed by atoms with Gasteiger partial charge < -0.3 is 10.2 Å². The van der Waals surface area contributed by atoms with Gasteiger partial charge in [-0.15, -0.1) is 0 Å². The second-order valence-electron chi connectivity index (χ2n) is 7.82. The largest absolute Gasteiger partial charge is 0.349 e. The molecule has 7 nitrogen and oxygen atoms in total. The minimum absolute atomic E-state index is 0.0283. The third kappa shape index (κ3) is 4.40. The first-order valence-corrected chi connectivity index (χ1v) is 10.1. The summed E-state index contributed by atoms with van der Waals surface area (Å²) in [5, 5.41) is 7.16. The Bertz CT molecular complexity index is 1010. The van der Waals surface area contributed by atoms with E-state index in [0.29, 0.717) is 13.1 Å². The Balaban J connectivity index is 1.34. The zero-order chi connectivity index (χ0) is 21.1. The molecule has 2 unspecified atom stereocenters. The van der Waals surface area contributed by atoms with E-state index in [2.05, 4.69) is 15.4 Å². The summed E-state index contributed by atoms with van der Waals surface area (Å²) >= 11 is 0. The summed E-state index contributed by atoms with van der Waals surface area (Å²) in [6.07, 6.45) is 3.39. The summed E-state index contributed by atoms with van der Waals surface area (Å²) in [5.41, 5.74) is 4.17. The normalized spacial score (nSPS) is 17.2. The van der Waals surface area contributed by atoms with Gasteiger partial charge in [-0.1, -0.05) is 42.0 Å². The number of hydrogen-bond acceptors (Lipinski definition) is 4. The first kappa shape index (κ1) is 19.8. The Hall–Kier alpha value is -3.48. The lowest BCUT2D eigenvalue weighted by atomic mass is 10.0. The van der Waals surface area contributed by atoms with Crippen molar-refractivity contribution in [1.29, 1.82) is 0 Å². The Labute approximate surface area is 175 Å². The van der Waals surface area contributed by atoms with E-state index in [1.165, 1.54) is 11.9 Å². The topological polar surface area (TPSA) is 80.1 Å². The molecule has 0 radical (unpaired) electrons. The molecule has 2 amide bonds. The number of carbonyl (C=O) groups excluding carboxylic acids is 2. The molecular formula is C23H25N5O2. The van der Waals surface area contributed by atoms with Crippen LogP contribution in [0.4, 0.5) is 0 Å². The zero-order valence-electron chi connectivity index (χ0n) is 17.2. The summed E-state index contributed by atoms with van der Waals surface area (Å²) in [6.45, 7) is 4.98. The minimum Gasteiger partial charge on any atom is -0.349 e. The Morgan fingerprint density at radius 1 is 1.17 bits per heavy atom. The van der Waals surface area contributed by atoms with Crippen molar-refractivity contribution in [3.63, 3.8) is 0 Å². The maximum Gasteiger partial charge on any atom is 0.225 e. The minimum atomic E-state index is -0.320. The van der Waals surface area contributed by atoms with E-state index in [1.807, 2.05) is 62.4 Å². The lowest BCUT2D eigenvalue weighted by Gasteiger charge is -2.19. The lowest BCUT2D eigenvalue weighted by molar-refractivity contribution is -0.129. The molecule has 7 heteroatoms. The van der Waals surface area contributed by atoms with Crippen molar-refractivity contribution in [2.75, 3.05) is 6.54 Å². The quantitative estimate of drug-likeness (QED) is 0.686. The van der Waals surface area contributed by atoms with Crippen LogP contribution in [0.25, 0.3) is 5.69 Å². The molecule has 1 N–H and O–H groups in total. The highest BCUT2D eigenvalue weighted by Gasteiger charge is 2.34. The number of nitrogens with one attached hydrogen (secondary N) is 1. The molecule has 1 aromatic heterocycles. The molecule has 1 fully saturated rings. The van der Waals surface area contributed by atoms with E-state index in [1.54, 1.807) is 15.9 Å². The monoisotopic (exact) mass is 403 g/mol. The predicted octanol–water partition coefficient (Wildman–Crippen LogP) is 2.80. The molecule has 0 aliphatic carbocycles. The van der Waals surface area contributed by atoms with Crippen LogP contribution in [0.15, 0.2) is 61.2 Å². The number of nitrogens with zero attached hydrogens (tertiary/aromatic N) is 4. The van der Waals surface area contributed by atoms with Crippen molar-refractivity contribution in [3.05, 3.63) is 77.9 Å². The molecule has 4 rings (SSSR count). The second-order valence-corrected chi connectivity index (χ2v) is 7.82. The second kappa shape index (κ2) is 8.49. The van der Waals surface area contributed by atoms with Crippen molar-refractivity contribution < 1.29 is 9.59 Å². The van der Waals surface area contributed by atoms with Crippen LogP contribution in [-0.4, -0.2) is 38.0 Å². The Morgan fingerprint density at radius 3 is 2.57 bits per heavy atom. The van der Waals surface area contributed by atoms with Crippen LogP contribution in [0.5, 0.6) is 0 Å². The van der Waals surface area contributed by atoms with Gasteiger partial charge in [-0.05, 0) is 37.1 Å². The average Bonchev–Trinajstić information content (AvgIpc) is 3.40. The van der Waals surface area contributed by atoms with E-state index < -0.39 is 0 Å². The van der Waals surface area contributed by atoms with Crippen molar-refractivity contribution >= 4 is 11.8 Å². The molecule has 3 aromatic rings. The van der Waals surface area contributed by atoms with Crippen LogP contribution >= 0.6 is 0 Å². The summed E-state index contributed by atoms with van der Waals surface area (Å²) in [7, 11) is 0. The predicted molar refractivity (Wildman–Crippen MR) is 113 cm³/mol. The maximum absolute atomic E-state index is 12.8. The van der Waals surface area contributed by atoms with Gasteiger partial charge >= 0.3 is 0 Å². The third-order valence-electron chi connectivity index (χ3n) is 5.51. The van der Waals surface area contributed by atoms with Crippen LogP contribution in [0.3, 0.4) is 0 Å². The molecular weight excluding hydrogens is 378 g/mol. The van der Waals surface area contributed by atoms with Gasteiger partial charge in [0.15, 0.2) is 0 Å². The van der Waals surface area contributed by atoms with Crippen molar-refractivity contribution in [3.8, 4) is 5.69 Å². The van der Waals surface area contributed by atoms with Gasteiger partial charge in [-0.3, -0.25) is 9.59 Å². The fourth-order valence-corrected chi connectivity index (χ4v) is 3.69. The smallest absolute Gasteiger partial charge is 0.225 e. The molecule has 2 heterocycles. The standard InChI is InChI=1S/C23H25N5O2/c1-16-3-5-18(6-4-16)12-27-13-20(11-22(27)29)23(30)26-17(2)19-7-9-21(10-8-19)28-15-24-14-25-28/h3-10,14-15,17,20H,11-13H2,1-2H3,(H,26,30). The van der Waals surface area contributed by atoms with Crippen LogP contribution in [0.1, 0.15) is 36.1 Å². The fourth-order valence-electron chi connectivity index (χ4n) is 3.69. The number of benzene rings is 2. The molecule has 1 aliphatic heterocycles. The molecule has 154 valence electrons. The highest BCUT2D eigenvalue weighted by Crippen LogP contribution is 2.22. The summed E-state index contributed by atoms with van der Waals surface area (Å²) in [6, 6.07) is 15.8. The summed E-state index contributed by atoms with van der Waals surface area (Å²) in [4.78, 5) is 30.9. The van der Waals surface area contributed by atoms with Crippen molar-refractivity contribution in [2.24, 2.45) is 5.92 Å². The molecule has 2 aromatic carbocycles. The van der Waals surface area contributed by atoms with Gasteiger partial charge in [0.05, 0.1) is 17.6 Å². The Morgan fingerprint density at radius 2 is 1.90 bits per heavy atom. The van der Waals surface area contributed by atoms with Crippen molar-refractivity contribution in [1.82, 2.24) is 25.0 Å². The highest BCUT2D eigenvalue weighted by atomic mass is 16.2. The summed E-state index contributed by atoms with van der Waals surface area (Å²) in [5.74, 6) is -0.372. The van der Waals surface area contributed by atoms with E-state index in [0.717, 1.165) is 16.8 Å². The molecule has 0 bridgehead atoms. The number of amides is 2. The van der Waals surface area contributed by atoms with Gasteiger partial charge in [-0.2, -0.15) is 5.10 Å². The molecule has 30 heavy (non-hydrogen) atoms. The first-order chi connectivity index (χ1) is 14.5. The average molecular weight is 403 g/mol. The van der Waals surface area contributed by atoms with Gasteiger partial charge in [-0.25, -0.2) is 9.67 Å². The van der Waals surface area contributed by atoms with Gasteiger partial charge in [0.1, 0.15) is 12.7 Å². The van der Waals surface area contributed by atoms with Crippen LogP contribution in [0.2, 0.25) is 0 Å². The van der Waals surface area contributed by atoms with E-state index >= 15 is 0 Å². The fraction of sp³-hybridized carbons (Fsp3) is 0.304. The number of carbonyl (C=O) groups is 2. The number of aryl methyl sites for hydroxylation is 1. The number of aromatic nitrogens is 3. The van der Waals surface area contributed by atoms with Crippen LogP contribution in [0, 0.1) is 12.8 Å². The molecule has 0 saturated carbocycles. The SMILES string of the molecule is Cc1ccc(CN2CC(C(=O)NC(C)c3ccc(-n4cncn4)cc3)CC2=O)cc1. The molecule has 2 atom stereocenters. The van der Waals surface area contributed by atoms with E-state index in [4.69, 9.17) is 0 Å². The highest BCUT2D eigenvalue weighted by molar-refractivity contribution is 5.89. The van der Waals surface area contributed by atoms with Gasteiger partial charge in [0.2, 0.25) is 11.8 Å².